The monoisotopic (exact) mass is 419 g/mol. The molecule has 0 atom stereocenters. The van der Waals surface area contributed by atoms with Gasteiger partial charge in [-0.15, -0.1) is 11.3 Å². The van der Waals surface area contributed by atoms with Crippen molar-refractivity contribution >= 4 is 57.3 Å². The van der Waals surface area contributed by atoms with Gasteiger partial charge in [0.2, 0.25) is 5.91 Å². The number of carbonyl (C=O) groups excluding carboxylic acids is 1. The fourth-order valence-electron chi connectivity index (χ4n) is 2.18. The summed E-state index contributed by atoms with van der Waals surface area (Å²) in [6, 6.07) is 11.5. The fraction of sp³-hybridized carbons (Fsp3) is 0. The highest BCUT2D eigenvalue weighted by atomic mass is 35.5. The minimum absolute atomic E-state index is 0.0408. The van der Waals surface area contributed by atoms with E-state index in [1.807, 2.05) is 17.5 Å². The number of benzene rings is 2. The molecule has 2 aromatic carbocycles. The number of halogens is 2. The van der Waals surface area contributed by atoms with Gasteiger partial charge in [-0.05, 0) is 29.8 Å². The molecule has 0 saturated carbocycles. The van der Waals surface area contributed by atoms with Crippen LogP contribution in [-0.4, -0.2) is 15.8 Å². The number of nitrogens with one attached hydrogen (secondary N) is 1. The van der Waals surface area contributed by atoms with Crippen LogP contribution in [0.25, 0.3) is 17.3 Å². The average Bonchev–Trinajstić information content (AvgIpc) is 3.09. The Bertz CT molecular complexity index is 1030. The largest absolute Gasteiger partial charge is 0.298 e. The quantitative estimate of drug-likeness (QED) is 0.327. The van der Waals surface area contributed by atoms with E-state index in [0.717, 1.165) is 11.3 Å². The Kier molecular flexibility index (Phi) is 5.85. The van der Waals surface area contributed by atoms with Crippen LogP contribution >= 0.6 is 34.5 Å². The van der Waals surface area contributed by atoms with E-state index in [4.69, 9.17) is 23.2 Å². The number of carbonyl (C=O) groups is 1. The molecule has 136 valence electrons. The summed E-state index contributed by atoms with van der Waals surface area (Å²) in [4.78, 5) is 26.7. The standard InChI is InChI=1S/C18H11Cl2N3O3S/c19-13-5-3-12(4-6-13)15-10-27-18(21-15)22-17(24)8-2-11-1-7-14(20)16(9-11)23(25)26/h1-10H,(H,21,22,24)/b8-2+. The fourth-order valence-corrected chi connectivity index (χ4v) is 3.21. The zero-order chi connectivity index (χ0) is 19.4. The van der Waals surface area contributed by atoms with Gasteiger partial charge in [-0.3, -0.25) is 20.2 Å². The highest BCUT2D eigenvalue weighted by Crippen LogP contribution is 2.27. The number of hydrogen-bond donors (Lipinski definition) is 1. The lowest BCUT2D eigenvalue weighted by Crippen LogP contribution is -2.07. The Labute approximate surface area is 168 Å². The van der Waals surface area contributed by atoms with Crippen LogP contribution < -0.4 is 5.32 Å². The van der Waals surface area contributed by atoms with Crippen molar-refractivity contribution in [1.82, 2.24) is 4.98 Å². The van der Waals surface area contributed by atoms with Crippen LogP contribution in [0.5, 0.6) is 0 Å². The van der Waals surface area contributed by atoms with Crippen LogP contribution in [0.3, 0.4) is 0 Å². The lowest BCUT2D eigenvalue weighted by Gasteiger charge is -1.99. The second kappa shape index (κ2) is 8.30. The summed E-state index contributed by atoms with van der Waals surface area (Å²) in [7, 11) is 0. The molecule has 0 saturated heterocycles. The number of aromatic nitrogens is 1. The molecule has 0 aliphatic heterocycles. The third kappa shape index (κ3) is 4.91. The number of thiazole rings is 1. The number of amides is 1. The highest BCUT2D eigenvalue weighted by Gasteiger charge is 2.12. The lowest BCUT2D eigenvalue weighted by molar-refractivity contribution is -0.384. The van der Waals surface area contributed by atoms with Crippen molar-refractivity contribution in [2.45, 2.75) is 0 Å². The average molecular weight is 420 g/mol. The molecule has 0 radical (unpaired) electrons. The van der Waals surface area contributed by atoms with E-state index in [2.05, 4.69) is 10.3 Å². The molecule has 0 fully saturated rings. The molecule has 0 aliphatic rings. The molecule has 1 aromatic heterocycles. The summed E-state index contributed by atoms with van der Waals surface area (Å²) in [6.07, 6.45) is 2.74. The molecule has 1 heterocycles. The van der Waals surface area contributed by atoms with Gasteiger partial charge in [-0.2, -0.15) is 0 Å². The van der Waals surface area contributed by atoms with E-state index in [9.17, 15) is 14.9 Å². The van der Waals surface area contributed by atoms with Gasteiger partial charge < -0.3 is 0 Å². The Hall–Kier alpha value is -2.74. The van der Waals surface area contributed by atoms with Gasteiger partial charge in [0.25, 0.3) is 5.69 Å². The van der Waals surface area contributed by atoms with Crippen molar-refractivity contribution in [2.24, 2.45) is 0 Å². The molecule has 27 heavy (non-hydrogen) atoms. The number of nitrogens with zero attached hydrogens (tertiary/aromatic N) is 2. The summed E-state index contributed by atoms with van der Waals surface area (Å²) in [5, 5.41) is 16.5. The van der Waals surface area contributed by atoms with E-state index >= 15 is 0 Å². The topological polar surface area (TPSA) is 85.1 Å². The van der Waals surface area contributed by atoms with E-state index < -0.39 is 10.8 Å². The predicted molar refractivity (Wildman–Crippen MR) is 108 cm³/mol. The first kappa shape index (κ1) is 19.0. The van der Waals surface area contributed by atoms with Crippen molar-refractivity contribution in [2.75, 3.05) is 5.32 Å². The van der Waals surface area contributed by atoms with Gasteiger partial charge in [0, 0.05) is 28.1 Å². The summed E-state index contributed by atoms with van der Waals surface area (Å²) in [5.74, 6) is -0.399. The maximum Gasteiger partial charge on any atom is 0.288 e. The normalized spacial score (nSPS) is 10.9. The second-order valence-corrected chi connectivity index (χ2v) is 7.04. The first-order valence-corrected chi connectivity index (χ1v) is 9.20. The maximum atomic E-state index is 12.1. The zero-order valence-corrected chi connectivity index (χ0v) is 15.9. The van der Waals surface area contributed by atoms with Crippen molar-refractivity contribution in [3.8, 4) is 11.3 Å². The van der Waals surface area contributed by atoms with Crippen molar-refractivity contribution in [3.63, 3.8) is 0 Å². The summed E-state index contributed by atoms with van der Waals surface area (Å²) in [6.45, 7) is 0. The number of anilines is 1. The maximum absolute atomic E-state index is 12.1. The molecule has 1 amide bonds. The SMILES string of the molecule is O=C(/C=C/c1ccc(Cl)c([N+](=O)[O-])c1)Nc1nc(-c2ccc(Cl)cc2)cs1. The first-order chi connectivity index (χ1) is 12.9. The third-order valence-corrected chi connectivity index (χ3v) is 4.80. The number of hydrogen-bond acceptors (Lipinski definition) is 5. The highest BCUT2D eigenvalue weighted by molar-refractivity contribution is 7.14. The molecule has 0 aliphatic carbocycles. The molecule has 6 nitrogen and oxygen atoms in total. The summed E-state index contributed by atoms with van der Waals surface area (Å²) >= 11 is 12.9. The minimum Gasteiger partial charge on any atom is -0.298 e. The molecular weight excluding hydrogens is 409 g/mol. The molecule has 3 rings (SSSR count). The Morgan fingerprint density at radius 3 is 2.63 bits per heavy atom. The van der Waals surface area contributed by atoms with Crippen molar-refractivity contribution in [3.05, 3.63) is 79.6 Å². The van der Waals surface area contributed by atoms with E-state index in [0.29, 0.717) is 15.7 Å². The van der Waals surface area contributed by atoms with Gasteiger partial charge in [-0.25, -0.2) is 4.98 Å². The smallest absolute Gasteiger partial charge is 0.288 e. The van der Waals surface area contributed by atoms with Crippen LogP contribution in [0.4, 0.5) is 10.8 Å². The molecule has 1 N–H and O–H groups in total. The van der Waals surface area contributed by atoms with Gasteiger partial charge in [0.15, 0.2) is 5.13 Å². The molecular formula is C18H11Cl2N3O3S. The zero-order valence-electron chi connectivity index (χ0n) is 13.6. The second-order valence-electron chi connectivity index (χ2n) is 5.34. The molecule has 0 unspecified atom stereocenters. The number of rotatable bonds is 5. The van der Waals surface area contributed by atoms with E-state index in [1.165, 1.54) is 35.6 Å². The van der Waals surface area contributed by atoms with Crippen LogP contribution in [0, 0.1) is 10.1 Å². The van der Waals surface area contributed by atoms with Gasteiger partial charge in [0.1, 0.15) is 5.02 Å². The predicted octanol–water partition coefficient (Wildman–Crippen LogP) is 5.68. The first-order valence-electron chi connectivity index (χ1n) is 7.57. The van der Waals surface area contributed by atoms with Crippen LogP contribution in [0.1, 0.15) is 5.56 Å². The van der Waals surface area contributed by atoms with Crippen LogP contribution in [0.2, 0.25) is 10.0 Å². The number of nitro benzene ring substituents is 1. The Morgan fingerprint density at radius 2 is 1.93 bits per heavy atom. The Morgan fingerprint density at radius 1 is 1.19 bits per heavy atom. The van der Waals surface area contributed by atoms with E-state index in [-0.39, 0.29) is 10.7 Å². The Balaban J connectivity index is 1.68. The lowest BCUT2D eigenvalue weighted by atomic mass is 10.2. The van der Waals surface area contributed by atoms with Crippen LogP contribution in [-0.2, 0) is 4.79 Å². The van der Waals surface area contributed by atoms with Crippen molar-refractivity contribution in [1.29, 1.82) is 0 Å². The third-order valence-electron chi connectivity index (χ3n) is 3.47. The molecule has 0 bridgehead atoms. The van der Waals surface area contributed by atoms with Crippen molar-refractivity contribution < 1.29 is 9.72 Å². The van der Waals surface area contributed by atoms with Gasteiger partial charge >= 0.3 is 0 Å². The molecule has 0 spiro atoms. The molecule has 9 heteroatoms. The minimum atomic E-state index is -0.576. The molecule has 3 aromatic rings. The number of nitro groups is 1. The summed E-state index contributed by atoms with van der Waals surface area (Å²) < 4.78 is 0. The van der Waals surface area contributed by atoms with E-state index in [1.54, 1.807) is 18.2 Å². The van der Waals surface area contributed by atoms with Crippen LogP contribution in [0.15, 0.2) is 53.9 Å². The van der Waals surface area contributed by atoms with Gasteiger partial charge in [0.05, 0.1) is 10.6 Å². The van der Waals surface area contributed by atoms with Gasteiger partial charge in [-0.1, -0.05) is 41.4 Å². The summed E-state index contributed by atoms with van der Waals surface area (Å²) in [5.41, 5.74) is 1.89.